The summed E-state index contributed by atoms with van der Waals surface area (Å²) in [5.41, 5.74) is 0. The summed E-state index contributed by atoms with van der Waals surface area (Å²) in [6, 6.07) is 0.689. The van der Waals surface area contributed by atoms with Gasteiger partial charge in [0, 0.05) is 12.6 Å². The van der Waals surface area contributed by atoms with Crippen molar-refractivity contribution in [2.24, 2.45) is 5.92 Å². The molecule has 1 rings (SSSR count). The first kappa shape index (κ1) is 12.5. The Balaban J connectivity index is 2.14. The Bertz CT molecular complexity index is 216. The number of nitrogens with one attached hydrogen (secondary N) is 1. The average molecular weight is 208 g/mol. The van der Waals surface area contributed by atoms with Gasteiger partial charge in [0.25, 0.3) is 0 Å². The van der Waals surface area contributed by atoms with Gasteiger partial charge in [-0.25, -0.2) is 0 Å². The molecule has 2 heteroatoms. The molecule has 86 valence electrons. The lowest BCUT2D eigenvalue weighted by atomic mass is 10.0. The minimum atomic E-state index is 0.689. The van der Waals surface area contributed by atoms with Crippen LogP contribution in [0.4, 0.5) is 0 Å². The molecule has 0 unspecified atom stereocenters. The number of nitrogens with zero attached hydrogens (tertiary/aromatic N) is 1. The molecule has 0 aliphatic carbocycles. The molecule has 0 aromatic carbocycles. The molecule has 0 amide bonds. The third-order valence-electron chi connectivity index (χ3n) is 2.87. The quantitative estimate of drug-likeness (QED) is 0.708. The molecular weight excluding hydrogens is 184 g/mol. The van der Waals surface area contributed by atoms with Crippen molar-refractivity contribution in [2.75, 3.05) is 26.2 Å². The van der Waals surface area contributed by atoms with Crippen LogP contribution >= 0.6 is 0 Å². The van der Waals surface area contributed by atoms with Crippen molar-refractivity contribution >= 4 is 0 Å². The van der Waals surface area contributed by atoms with Gasteiger partial charge in [0.05, 0.1) is 6.54 Å². The van der Waals surface area contributed by atoms with Gasteiger partial charge in [-0.1, -0.05) is 19.8 Å². The summed E-state index contributed by atoms with van der Waals surface area (Å²) in [6.07, 6.45) is 2.55. The van der Waals surface area contributed by atoms with Crippen molar-refractivity contribution in [3.05, 3.63) is 0 Å². The number of hydrogen-bond acceptors (Lipinski definition) is 2. The van der Waals surface area contributed by atoms with E-state index in [-0.39, 0.29) is 0 Å². The van der Waals surface area contributed by atoms with Crippen LogP contribution in [0.2, 0.25) is 0 Å². The van der Waals surface area contributed by atoms with Gasteiger partial charge in [-0.2, -0.15) is 0 Å². The summed E-state index contributed by atoms with van der Waals surface area (Å²) in [5, 5.41) is 3.50. The SMILES string of the molecule is CC#CCNC1CCN(CC(C)C)CC1. The highest BCUT2D eigenvalue weighted by atomic mass is 15.1. The van der Waals surface area contributed by atoms with Gasteiger partial charge >= 0.3 is 0 Å². The Morgan fingerprint density at radius 2 is 2.00 bits per heavy atom. The molecule has 1 saturated heterocycles. The molecule has 2 nitrogen and oxygen atoms in total. The first-order chi connectivity index (χ1) is 7.22. The van der Waals surface area contributed by atoms with Gasteiger partial charge in [-0.05, 0) is 38.8 Å². The molecule has 15 heavy (non-hydrogen) atoms. The standard InChI is InChI=1S/C13H24N2/c1-4-5-8-14-13-6-9-15(10-7-13)11-12(2)3/h12-14H,6-11H2,1-3H3. The van der Waals surface area contributed by atoms with Gasteiger partial charge in [0.2, 0.25) is 0 Å². The van der Waals surface area contributed by atoms with Crippen molar-refractivity contribution in [1.82, 2.24) is 10.2 Å². The summed E-state index contributed by atoms with van der Waals surface area (Å²) in [7, 11) is 0. The topological polar surface area (TPSA) is 15.3 Å². The third kappa shape index (κ3) is 5.20. The van der Waals surface area contributed by atoms with E-state index < -0.39 is 0 Å². The smallest absolute Gasteiger partial charge is 0.0578 e. The highest BCUT2D eigenvalue weighted by molar-refractivity contribution is 4.98. The fourth-order valence-electron chi connectivity index (χ4n) is 2.12. The molecule has 0 aromatic rings. The largest absolute Gasteiger partial charge is 0.303 e. The number of hydrogen-bond donors (Lipinski definition) is 1. The third-order valence-corrected chi connectivity index (χ3v) is 2.87. The summed E-state index contributed by atoms with van der Waals surface area (Å²) >= 11 is 0. The fourth-order valence-corrected chi connectivity index (χ4v) is 2.12. The number of likely N-dealkylation sites (tertiary alicyclic amines) is 1. The van der Waals surface area contributed by atoms with E-state index in [2.05, 4.69) is 35.9 Å². The monoisotopic (exact) mass is 208 g/mol. The Morgan fingerprint density at radius 3 is 2.53 bits per heavy atom. The Labute approximate surface area is 94.4 Å². The van der Waals surface area contributed by atoms with E-state index in [1.165, 1.54) is 32.5 Å². The maximum Gasteiger partial charge on any atom is 0.0578 e. The molecule has 0 atom stereocenters. The Morgan fingerprint density at radius 1 is 1.33 bits per heavy atom. The molecule has 1 heterocycles. The Hall–Kier alpha value is -0.520. The summed E-state index contributed by atoms with van der Waals surface area (Å²) in [4.78, 5) is 2.58. The number of piperidine rings is 1. The van der Waals surface area contributed by atoms with Crippen LogP contribution in [0, 0.1) is 17.8 Å². The maximum absolute atomic E-state index is 3.50. The second kappa shape index (κ2) is 6.87. The van der Waals surface area contributed by atoms with Crippen LogP contribution in [0.1, 0.15) is 33.6 Å². The van der Waals surface area contributed by atoms with E-state index >= 15 is 0 Å². The minimum absolute atomic E-state index is 0.689. The van der Waals surface area contributed by atoms with E-state index in [1.54, 1.807) is 0 Å². The lowest BCUT2D eigenvalue weighted by Gasteiger charge is -2.33. The van der Waals surface area contributed by atoms with Gasteiger partial charge in [-0.3, -0.25) is 0 Å². The van der Waals surface area contributed by atoms with E-state index in [4.69, 9.17) is 0 Å². The van der Waals surface area contributed by atoms with Gasteiger partial charge < -0.3 is 10.2 Å². The van der Waals surface area contributed by atoms with Crippen molar-refractivity contribution in [1.29, 1.82) is 0 Å². The molecular formula is C13H24N2. The van der Waals surface area contributed by atoms with E-state index in [0.717, 1.165) is 12.5 Å². The lowest BCUT2D eigenvalue weighted by molar-refractivity contribution is 0.182. The second-order valence-corrected chi connectivity index (χ2v) is 4.78. The predicted octanol–water partition coefficient (Wildman–Crippen LogP) is 1.72. The zero-order valence-electron chi connectivity index (χ0n) is 10.3. The summed E-state index contributed by atoms with van der Waals surface area (Å²) in [6.45, 7) is 11.1. The average Bonchev–Trinajstić information content (AvgIpc) is 2.20. The van der Waals surface area contributed by atoms with Crippen LogP contribution in [0.15, 0.2) is 0 Å². The highest BCUT2D eigenvalue weighted by Crippen LogP contribution is 2.11. The molecule has 0 saturated carbocycles. The van der Waals surface area contributed by atoms with Crippen molar-refractivity contribution < 1.29 is 0 Å². The zero-order valence-corrected chi connectivity index (χ0v) is 10.3. The molecule has 0 spiro atoms. The molecule has 1 fully saturated rings. The zero-order chi connectivity index (χ0) is 11.1. The van der Waals surface area contributed by atoms with Crippen LogP contribution in [0.5, 0.6) is 0 Å². The first-order valence-electron chi connectivity index (χ1n) is 6.07. The molecule has 0 aromatic heterocycles. The summed E-state index contributed by atoms with van der Waals surface area (Å²) < 4.78 is 0. The van der Waals surface area contributed by atoms with E-state index in [1.807, 2.05) is 6.92 Å². The first-order valence-corrected chi connectivity index (χ1v) is 6.07. The Kier molecular flexibility index (Phi) is 5.75. The second-order valence-electron chi connectivity index (χ2n) is 4.78. The molecule has 1 aliphatic heterocycles. The fraction of sp³-hybridized carbons (Fsp3) is 0.846. The van der Waals surface area contributed by atoms with Gasteiger partial charge in [0.1, 0.15) is 0 Å². The lowest BCUT2D eigenvalue weighted by Crippen LogP contribution is -2.43. The van der Waals surface area contributed by atoms with Crippen LogP contribution < -0.4 is 5.32 Å². The van der Waals surface area contributed by atoms with Crippen molar-refractivity contribution in [2.45, 2.75) is 39.7 Å². The van der Waals surface area contributed by atoms with Crippen LogP contribution in [0.25, 0.3) is 0 Å². The molecule has 0 bridgehead atoms. The van der Waals surface area contributed by atoms with Crippen LogP contribution in [0.3, 0.4) is 0 Å². The normalized spacial score (nSPS) is 18.9. The predicted molar refractivity (Wildman–Crippen MR) is 65.8 cm³/mol. The number of rotatable bonds is 4. The van der Waals surface area contributed by atoms with Crippen molar-refractivity contribution in [3.8, 4) is 11.8 Å². The van der Waals surface area contributed by atoms with E-state index in [9.17, 15) is 0 Å². The minimum Gasteiger partial charge on any atom is -0.303 e. The molecule has 0 radical (unpaired) electrons. The van der Waals surface area contributed by atoms with Crippen molar-refractivity contribution in [3.63, 3.8) is 0 Å². The van der Waals surface area contributed by atoms with Gasteiger partial charge in [0.15, 0.2) is 0 Å². The summed E-state index contributed by atoms with van der Waals surface area (Å²) in [5.74, 6) is 6.78. The van der Waals surface area contributed by atoms with E-state index in [0.29, 0.717) is 6.04 Å². The van der Waals surface area contributed by atoms with Crippen LogP contribution in [-0.2, 0) is 0 Å². The molecule has 1 aliphatic rings. The van der Waals surface area contributed by atoms with Crippen LogP contribution in [-0.4, -0.2) is 37.1 Å². The maximum atomic E-state index is 3.50. The highest BCUT2D eigenvalue weighted by Gasteiger charge is 2.18. The van der Waals surface area contributed by atoms with Gasteiger partial charge in [-0.15, -0.1) is 5.92 Å². The molecule has 1 N–H and O–H groups in total.